The van der Waals surface area contributed by atoms with Crippen molar-refractivity contribution in [2.75, 3.05) is 13.1 Å². The molecule has 0 unspecified atom stereocenters. The second-order valence-electron chi connectivity index (χ2n) is 3.98. The summed E-state index contributed by atoms with van der Waals surface area (Å²) < 4.78 is 0. The molecule has 94 valence electrons. The molecule has 0 aliphatic carbocycles. The molecule has 0 atom stereocenters. The van der Waals surface area contributed by atoms with Crippen LogP contribution in [0.5, 0.6) is 0 Å². The van der Waals surface area contributed by atoms with Crippen LogP contribution >= 0.6 is 0 Å². The lowest BCUT2D eigenvalue weighted by molar-refractivity contribution is 0.450. The van der Waals surface area contributed by atoms with E-state index in [1.54, 1.807) is 0 Å². The Morgan fingerprint density at radius 1 is 1.11 bits per heavy atom. The van der Waals surface area contributed by atoms with E-state index in [2.05, 4.69) is 22.1 Å². The second-order valence-corrected chi connectivity index (χ2v) is 3.98. The number of aliphatic imine (C=N–C) groups is 2. The Morgan fingerprint density at radius 2 is 1.89 bits per heavy atom. The molecule has 1 heterocycles. The van der Waals surface area contributed by atoms with Gasteiger partial charge in [0, 0.05) is 13.1 Å². The molecule has 1 aliphatic heterocycles. The molecule has 0 radical (unpaired) electrons. The Kier molecular flexibility index (Phi) is 3.96. The van der Waals surface area contributed by atoms with Gasteiger partial charge in [-0.1, -0.05) is 30.4 Å². The predicted octanol–water partition coefficient (Wildman–Crippen LogP) is 1.21. The Morgan fingerprint density at radius 3 is 2.56 bits per heavy atom. The number of nitrogens with two attached hydrogens (primary N) is 2. The molecule has 1 aromatic carbocycles. The minimum atomic E-state index is 0.174. The summed E-state index contributed by atoms with van der Waals surface area (Å²) in [6.07, 6.45) is 5.17. The van der Waals surface area contributed by atoms with Crippen molar-refractivity contribution in [3.05, 3.63) is 42.5 Å². The summed E-state index contributed by atoms with van der Waals surface area (Å²) in [5, 5.41) is 0. The molecule has 1 aliphatic rings. The van der Waals surface area contributed by atoms with Gasteiger partial charge in [0.25, 0.3) is 0 Å². The van der Waals surface area contributed by atoms with Gasteiger partial charge in [-0.2, -0.15) is 4.99 Å². The van der Waals surface area contributed by atoms with E-state index in [0.717, 1.165) is 25.2 Å². The van der Waals surface area contributed by atoms with Crippen LogP contribution in [0.1, 0.15) is 6.42 Å². The summed E-state index contributed by atoms with van der Waals surface area (Å²) in [5.41, 5.74) is 12.4. The third-order valence-corrected chi connectivity index (χ3v) is 2.61. The van der Waals surface area contributed by atoms with Crippen LogP contribution in [0.4, 0.5) is 5.69 Å². The number of hydrogen-bond acceptors (Lipinski definition) is 1. The van der Waals surface area contributed by atoms with Crippen LogP contribution in [-0.4, -0.2) is 29.9 Å². The summed E-state index contributed by atoms with van der Waals surface area (Å²) >= 11 is 0. The molecule has 18 heavy (non-hydrogen) atoms. The standard InChI is InChI=1S/C13H17N5/c14-12(16-11-7-3-1-4-8-11)17-13(15)18-9-5-2-6-10-18/h1-5,7-8H,6,9-10H2,(H4,14,15,16,17). The highest BCUT2D eigenvalue weighted by atomic mass is 15.3. The molecular formula is C13H17N5. The fraction of sp³-hybridized carbons (Fsp3) is 0.231. The van der Waals surface area contributed by atoms with Crippen molar-refractivity contribution in [2.45, 2.75) is 6.42 Å². The van der Waals surface area contributed by atoms with Gasteiger partial charge < -0.3 is 16.4 Å². The van der Waals surface area contributed by atoms with E-state index in [0.29, 0.717) is 5.96 Å². The number of guanidine groups is 2. The van der Waals surface area contributed by atoms with Gasteiger partial charge in [0.1, 0.15) is 0 Å². The summed E-state index contributed by atoms with van der Waals surface area (Å²) in [6, 6.07) is 9.44. The van der Waals surface area contributed by atoms with Crippen LogP contribution in [0.25, 0.3) is 0 Å². The van der Waals surface area contributed by atoms with E-state index in [1.165, 1.54) is 0 Å². The molecule has 5 heteroatoms. The lowest BCUT2D eigenvalue weighted by Crippen LogP contribution is -2.40. The summed E-state index contributed by atoms with van der Waals surface area (Å²) in [5.74, 6) is 0.588. The summed E-state index contributed by atoms with van der Waals surface area (Å²) in [4.78, 5) is 10.3. The number of benzene rings is 1. The monoisotopic (exact) mass is 243 g/mol. The van der Waals surface area contributed by atoms with Gasteiger partial charge in [0.05, 0.1) is 5.69 Å². The SMILES string of the molecule is NC(=Nc1ccccc1)/N=C(/N)N1CC=CCC1. The normalized spacial score (nSPS) is 17.0. The topological polar surface area (TPSA) is 80.0 Å². The van der Waals surface area contributed by atoms with Crippen molar-refractivity contribution in [1.29, 1.82) is 0 Å². The van der Waals surface area contributed by atoms with Crippen LogP contribution in [0.3, 0.4) is 0 Å². The molecule has 0 fully saturated rings. The van der Waals surface area contributed by atoms with Gasteiger partial charge >= 0.3 is 0 Å². The van der Waals surface area contributed by atoms with E-state index < -0.39 is 0 Å². The molecular weight excluding hydrogens is 226 g/mol. The first kappa shape index (κ1) is 12.2. The van der Waals surface area contributed by atoms with Gasteiger partial charge in [-0.25, -0.2) is 4.99 Å². The van der Waals surface area contributed by atoms with Crippen LogP contribution in [-0.2, 0) is 0 Å². The Hall–Kier alpha value is -2.30. The molecule has 2 rings (SSSR count). The van der Waals surface area contributed by atoms with Crippen LogP contribution in [0.2, 0.25) is 0 Å². The lowest BCUT2D eigenvalue weighted by Gasteiger charge is -2.23. The van der Waals surface area contributed by atoms with Crippen molar-refractivity contribution >= 4 is 17.6 Å². The largest absolute Gasteiger partial charge is 0.369 e. The maximum absolute atomic E-state index is 5.88. The quantitative estimate of drug-likeness (QED) is 0.442. The number of rotatable bonds is 1. The molecule has 0 bridgehead atoms. The average molecular weight is 243 g/mol. The molecule has 1 aromatic rings. The molecule has 0 aromatic heterocycles. The highest BCUT2D eigenvalue weighted by Crippen LogP contribution is 2.09. The molecule has 0 amide bonds. The van der Waals surface area contributed by atoms with Crippen molar-refractivity contribution in [1.82, 2.24) is 4.90 Å². The minimum Gasteiger partial charge on any atom is -0.369 e. The number of para-hydroxylation sites is 1. The van der Waals surface area contributed by atoms with Gasteiger partial charge in [-0.15, -0.1) is 0 Å². The van der Waals surface area contributed by atoms with E-state index in [4.69, 9.17) is 11.5 Å². The van der Waals surface area contributed by atoms with Crippen LogP contribution < -0.4 is 11.5 Å². The molecule has 5 nitrogen and oxygen atoms in total. The Balaban J connectivity index is 2.07. The zero-order chi connectivity index (χ0) is 12.8. The zero-order valence-electron chi connectivity index (χ0n) is 10.2. The maximum atomic E-state index is 5.88. The van der Waals surface area contributed by atoms with Crippen molar-refractivity contribution in [2.24, 2.45) is 21.5 Å². The third kappa shape index (κ3) is 3.35. The van der Waals surface area contributed by atoms with E-state index in [-0.39, 0.29) is 5.96 Å². The smallest absolute Gasteiger partial charge is 0.223 e. The first-order valence-electron chi connectivity index (χ1n) is 5.89. The second kappa shape index (κ2) is 5.86. The molecule has 4 N–H and O–H groups in total. The predicted molar refractivity (Wildman–Crippen MR) is 74.7 cm³/mol. The summed E-state index contributed by atoms with van der Waals surface area (Å²) in [6.45, 7) is 1.64. The first-order chi connectivity index (χ1) is 8.75. The first-order valence-corrected chi connectivity index (χ1v) is 5.89. The molecule has 0 saturated heterocycles. The highest BCUT2D eigenvalue weighted by molar-refractivity contribution is 5.94. The summed E-state index contributed by atoms with van der Waals surface area (Å²) in [7, 11) is 0. The van der Waals surface area contributed by atoms with Gasteiger partial charge in [0.2, 0.25) is 5.96 Å². The highest BCUT2D eigenvalue weighted by Gasteiger charge is 2.08. The van der Waals surface area contributed by atoms with Crippen molar-refractivity contribution in [3.8, 4) is 0 Å². The zero-order valence-corrected chi connectivity index (χ0v) is 10.2. The van der Waals surface area contributed by atoms with Gasteiger partial charge in [-0.3, -0.25) is 0 Å². The maximum Gasteiger partial charge on any atom is 0.223 e. The Bertz CT molecular complexity index is 475. The lowest BCUT2D eigenvalue weighted by atomic mass is 10.3. The fourth-order valence-corrected chi connectivity index (χ4v) is 1.70. The number of nitrogens with zero attached hydrogens (tertiary/aromatic N) is 3. The van der Waals surface area contributed by atoms with Gasteiger partial charge in [-0.05, 0) is 18.6 Å². The van der Waals surface area contributed by atoms with E-state index in [1.807, 2.05) is 35.2 Å². The number of hydrogen-bond donors (Lipinski definition) is 2. The molecule has 0 saturated carbocycles. The fourth-order valence-electron chi connectivity index (χ4n) is 1.70. The van der Waals surface area contributed by atoms with E-state index >= 15 is 0 Å². The molecule has 0 spiro atoms. The third-order valence-electron chi connectivity index (χ3n) is 2.61. The van der Waals surface area contributed by atoms with Crippen LogP contribution in [0, 0.1) is 0 Å². The van der Waals surface area contributed by atoms with Crippen LogP contribution in [0.15, 0.2) is 52.5 Å². The average Bonchev–Trinajstić information content (AvgIpc) is 2.40. The van der Waals surface area contributed by atoms with Crippen molar-refractivity contribution in [3.63, 3.8) is 0 Å². The van der Waals surface area contributed by atoms with Crippen molar-refractivity contribution < 1.29 is 0 Å². The van der Waals surface area contributed by atoms with E-state index in [9.17, 15) is 0 Å². The Labute approximate surface area is 107 Å². The van der Waals surface area contributed by atoms with Gasteiger partial charge in [0.15, 0.2) is 5.96 Å². The minimum absolute atomic E-state index is 0.174.